The van der Waals surface area contributed by atoms with Crippen LogP contribution in [0.5, 0.6) is 5.75 Å². The fraction of sp³-hybridized carbons (Fsp3) is 0.267. The van der Waals surface area contributed by atoms with Crippen molar-refractivity contribution in [3.8, 4) is 5.75 Å². The van der Waals surface area contributed by atoms with E-state index in [0.717, 1.165) is 22.4 Å². The summed E-state index contributed by atoms with van der Waals surface area (Å²) in [7, 11) is -6.12. The molecule has 0 saturated heterocycles. The zero-order chi connectivity index (χ0) is 32.3. The highest BCUT2D eigenvalue weighted by Gasteiger charge is 2.49. The number of carbonyl (C=O) groups is 2. The molecule has 0 spiro atoms. The molecule has 0 aliphatic heterocycles. The summed E-state index contributed by atoms with van der Waals surface area (Å²) >= 11 is 0. The van der Waals surface area contributed by atoms with Crippen LogP contribution in [-0.2, 0) is 19.6 Å². The van der Waals surface area contributed by atoms with Gasteiger partial charge in [-0.2, -0.15) is 21.6 Å². The molecule has 13 heteroatoms. The molecule has 0 atom stereocenters. The van der Waals surface area contributed by atoms with E-state index in [1.807, 2.05) is 25.1 Å². The van der Waals surface area contributed by atoms with Crippen LogP contribution in [0.1, 0.15) is 51.3 Å². The third-order valence-corrected chi connectivity index (χ3v) is 7.08. The molecule has 4 aromatic carbocycles. The first-order valence-corrected chi connectivity index (χ1v) is 14.2. The Morgan fingerprint density at radius 2 is 1.16 bits per heavy atom. The van der Waals surface area contributed by atoms with Crippen molar-refractivity contribution in [2.75, 3.05) is 13.2 Å². The van der Waals surface area contributed by atoms with Crippen LogP contribution < -0.4 is 4.18 Å². The zero-order valence-corrected chi connectivity index (χ0v) is 24.5. The highest BCUT2D eigenvalue weighted by molar-refractivity contribution is 7.88. The molecule has 0 aliphatic rings. The van der Waals surface area contributed by atoms with Crippen LogP contribution in [-0.4, -0.2) is 39.1 Å². The molecule has 4 aromatic rings. The monoisotopic (exact) mass is 626 g/mol. The van der Waals surface area contributed by atoms with E-state index in [4.69, 9.17) is 4.74 Å². The summed E-state index contributed by atoms with van der Waals surface area (Å²) in [5, 5.41) is 1.57. The van der Waals surface area contributed by atoms with E-state index < -0.39 is 50.5 Å². The Morgan fingerprint density at radius 1 is 0.721 bits per heavy atom. The fourth-order valence-corrected chi connectivity index (χ4v) is 4.58. The van der Waals surface area contributed by atoms with Gasteiger partial charge in [-0.3, -0.25) is 0 Å². The third kappa shape index (κ3) is 7.22. The first-order valence-electron chi connectivity index (χ1n) is 12.8. The van der Waals surface area contributed by atoms with Gasteiger partial charge in [0.2, 0.25) is 0 Å². The number of hydrogen-bond donors (Lipinski definition) is 0. The summed E-state index contributed by atoms with van der Waals surface area (Å²) in [6.07, 6.45) is 0. The molecule has 0 aliphatic carbocycles. The number of hydrogen-bond acceptors (Lipinski definition) is 7. The van der Waals surface area contributed by atoms with Crippen LogP contribution in [0.3, 0.4) is 0 Å². The number of aryl methyl sites for hydroxylation is 3. The number of rotatable bonds is 6. The summed E-state index contributed by atoms with van der Waals surface area (Å²) in [6, 6.07) is 12.4. The predicted molar refractivity (Wildman–Crippen MR) is 150 cm³/mol. The highest BCUT2D eigenvalue weighted by Crippen LogP contribution is 2.36. The maximum atomic E-state index is 14.5. The number of benzene rings is 4. The summed E-state index contributed by atoms with van der Waals surface area (Å²) < 4.78 is 102. The number of halogens is 5. The topological polar surface area (TPSA) is 96.0 Å². The molecule has 4 rings (SSSR count). The van der Waals surface area contributed by atoms with Crippen LogP contribution in [0.15, 0.2) is 48.5 Å². The molecule has 0 unspecified atom stereocenters. The van der Waals surface area contributed by atoms with E-state index in [1.165, 1.54) is 25.1 Å². The molecular weight excluding hydrogens is 599 g/mol. The van der Waals surface area contributed by atoms with E-state index in [2.05, 4.69) is 8.92 Å². The number of ether oxygens (including phenoxy) is 2. The van der Waals surface area contributed by atoms with Crippen molar-refractivity contribution in [2.24, 2.45) is 0 Å². The Morgan fingerprint density at radius 3 is 1.63 bits per heavy atom. The number of esters is 2. The normalized spacial score (nSPS) is 11.6. The lowest BCUT2D eigenvalue weighted by Crippen LogP contribution is -2.28. The van der Waals surface area contributed by atoms with Crippen LogP contribution in [0, 0.1) is 32.4 Å². The van der Waals surface area contributed by atoms with Gasteiger partial charge in [0.25, 0.3) is 0 Å². The average Bonchev–Trinajstić information content (AvgIpc) is 2.91. The second kappa shape index (κ2) is 12.9. The molecule has 0 amide bonds. The second-order valence-corrected chi connectivity index (χ2v) is 10.8. The quantitative estimate of drug-likeness (QED) is 0.0949. The first-order chi connectivity index (χ1) is 20.0. The van der Waals surface area contributed by atoms with E-state index >= 15 is 0 Å². The lowest BCUT2D eigenvalue weighted by Gasteiger charge is -2.14. The van der Waals surface area contributed by atoms with E-state index in [9.17, 15) is 40.0 Å². The van der Waals surface area contributed by atoms with Crippen molar-refractivity contribution in [1.29, 1.82) is 0 Å². The van der Waals surface area contributed by atoms with Crippen LogP contribution in [0.2, 0.25) is 0 Å². The summed E-state index contributed by atoms with van der Waals surface area (Å²) in [6.45, 7) is 8.57. The van der Waals surface area contributed by atoms with Gasteiger partial charge in [0.15, 0.2) is 11.6 Å². The summed E-state index contributed by atoms with van der Waals surface area (Å²) in [4.78, 5) is 23.5. The van der Waals surface area contributed by atoms with Crippen LogP contribution >= 0.6 is 0 Å². The predicted octanol–water partition coefficient (Wildman–Crippen LogP) is 7.46. The number of fused-ring (bicyclic) bond motifs is 2. The summed E-state index contributed by atoms with van der Waals surface area (Å²) in [5.74, 6) is -5.02. The van der Waals surface area contributed by atoms with Gasteiger partial charge in [-0.05, 0) is 68.5 Å². The van der Waals surface area contributed by atoms with Crippen molar-refractivity contribution in [1.82, 2.24) is 0 Å². The zero-order valence-electron chi connectivity index (χ0n) is 23.7. The maximum Gasteiger partial charge on any atom is 0.534 e. The van der Waals surface area contributed by atoms with Gasteiger partial charge >= 0.3 is 27.6 Å². The SMILES string of the molecule is CCOC(=O)c1cc2cc(C)ccc2c(C)c1F.CCOC(=O)c1cc2cc(C)ccc2c(OS(=O)(=O)C(F)(F)F)c1F. The molecule has 43 heavy (non-hydrogen) atoms. The first kappa shape index (κ1) is 33.2. The smallest absolute Gasteiger partial charge is 0.462 e. The minimum absolute atomic E-state index is 0.00690. The lowest BCUT2D eigenvalue weighted by atomic mass is 9.99. The third-order valence-electron chi connectivity index (χ3n) is 6.13. The Bertz CT molecular complexity index is 1820. The van der Waals surface area contributed by atoms with Gasteiger partial charge in [0.1, 0.15) is 5.82 Å². The van der Waals surface area contributed by atoms with E-state index in [-0.39, 0.29) is 29.5 Å². The second-order valence-electron chi connectivity index (χ2n) is 9.30. The lowest BCUT2D eigenvalue weighted by molar-refractivity contribution is -0.0500. The largest absolute Gasteiger partial charge is 0.534 e. The van der Waals surface area contributed by atoms with Gasteiger partial charge in [-0.1, -0.05) is 47.5 Å². The minimum Gasteiger partial charge on any atom is -0.462 e. The molecule has 0 aromatic heterocycles. The van der Waals surface area contributed by atoms with Crippen molar-refractivity contribution in [3.63, 3.8) is 0 Å². The van der Waals surface area contributed by atoms with Crippen LogP contribution in [0.4, 0.5) is 22.0 Å². The average molecular weight is 627 g/mol. The van der Waals surface area contributed by atoms with Gasteiger partial charge in [-0.15, -0.1) is 0 Å². The fourth-order valence-electron chi connectivity index (χ4n) is 4.10. The van der Waals surface area contributed by atoms with Gasteiger partial charge < -0.3 is 13.7 Å². The van der Waals surface area contributed by atoms with Gasteiger partial charge in [0.05, 0.1) is 24.3 Å². The maximum absolute atomic E-state index is 14.5. The molecular formula is C30H27F5O7S. The Kier molecular flexibility index (Phi) is 10.0. The van der Waals surface area contributed by atoms with Crippen molar-refractivity contribution < 1.29 is 53.6 Å². The van der Waals surface area contributed by atoms with Gasteiger partial charge in [0, 0.05) is 5.39 Å². The Labute approximate surface area is 244 Å². The molecule has 0 fully saturated rings. The van der Waals surface area contributed by atoms with E-state index in [1.54, 1.807) is 26.8 Å². The van der Waals surface area contributed by atoms with E-state index in [0.29, 0.717) is 11.1 Å². The van der Waals surface area contributed by atoms with Crippen LogP contribution in [0.25, 0.3) is 21.5 Å². The Balaban J connectivity index is 0.000000248. The highest BCUT2D eigenvalue weighted by atomic mass is 32.2. The molecule has 0 saturated carbocycles. The van der Waals surface area contributed by atoms with Crippen molar-refractivity contribution in [2.45, 2.75) is 40.1 Å². The standard InChI is InChI=1S/C15H12F4O5S.C15H15FO2/c1-3-23-14(20)11-7-9-6-8(2)4-5-10(9)13(12(11)16)24-25(21,22)15(17,18)19;1-4-18-15(17)13-8-11-7-9(2)5-6-12(11)10(3)14(13)16/h4-7H,3H2,1-2H3;5-8H,4H2,1-3H3. The molecule has 230 valence electrons. The van der Waals surface area contributed by atoms with Gasteiger partial charge in [-0.25, -0.2) is 18.4 Å². The molecule has 0 bridgehead atoms. The molecule has 0 heterocycles. The summed E-state index contributed by atoms with van der Waals surface area (Å²) in [5.41, 5.74) is -4.27. The Hall–Kier alpha value is -4.26. The molecule has 0 N–H and O–H groups in total. The minimum atomic E-state index is -6.12. The van der Waals surface area contributed by atoms with Crippen molar-refractivity contribution >= 4 is 43.6 Å². The van der Waals surface area contributed by atoms with Crippen molar-refractivity contribution in [3.05, 3.63) is 88.0 Å². The number of carbonyl (C=O) groups excluding carboxylic acids is 2. The molecule has 0 radical (unpaired) electrons. The molecule has 7 nitrogen and oxygen atoms in total. The number of alkyl halides is 3.